The Morgan fingerprint density at radius 1 is 1.32 bits per heavy atom. The molecular formula is C19H33N5O. The predicted molar refractivity (Wildman–Crippen MR) is 99.5 cm³/mol. The number of rotatable bonds is 5. The molecule has 0 unspecified atom stereocenters. The van der Waals surface area contributed by atoms with Crippen LogP contribution in [0.3, 0.4) is 0 Å². The predicted octanol–water partition coefficient (Wildman–Crippen LogP) is 2.67. The fraction of sp³-hybridized carbons (Fsp3) is 0.789. The number of H-pyrrole nitrogens is 1. The van der Waals surface area contributed by atoms with Gasteiger partial charge in [-0.3, -0.25) is 5.10 Å². The van der Waals surface area contributed by atoms with Gasteiger partial charge in [0.15, 0.2) is 0 Å². The highest BCUT2D eigenvalue weighted by atomic mass is 16.2. The standard InChI is InChI=1S/C19H33N5O/c1-15(2)12-23-9-3-5-16(13-23)11-20-19(25)24-10-4-6-17(14-24)18-7-8-21-22-18/h7-8,15-17H,3-6,9-14H2,1-2H3,(H,20,25)(H,21,22)/t16-,17+/m0/s1. The van der Waals surface area contributed by atoms with E-state index in [1.807, 2.05) is 11.0 Å². The van der Waals surface area contributed by atoms with Crippen LogP contribution in [0.2, 0.25) is 0 Å². The zero-order valence-corrected chi connectivity index (χ0v) is 15.7. The first-order valence-corrected chi connectivity index (χ1v) is 9.86. The van der Waals surface area contributed by atoms with Crippen LogP contribution in [0.25, 0.3) is 0 Å². The number of nitrogens with zero attached hydrogens (tertiary/aromatic N) is 3. The molecule has 140 valence electrons. The van der Waals surface area contributed by atoms with Crippen LogP contribution >= 0.6 is 0 Å². The van der Waals surface area contributed by atoms with Gasteiger partial charge >= 0.3 is 6.03 Å². The van der Waals surface area contributed by atoms with Crippen molar-refractivity contribution in [1.82, 2.24) is 25.3 Å². The number of hydrogen-bond acceptors (Lipinski definition) is 3. The lowest BCUT2D eigenvalue weighted by atomic mass is 9.95. The number of amides is 2. The smallest absolute Gasteiger partial charge is 0.317 e. The van der Waals surface area contributed by atoms with E-state index < -0.39 is 0 Å². The van der Waals surface area contributed by atoms with Gasteiger partial charge in [-0.2, -0.15) is 5.10 Å². The summed E-state index contributed by atoms with van der Waals surface area (Å²) < 4.78 is 0. The maximum Gasteiger partial charge on any atom is 0.317 e. The van der Waals surface area contributed by atoms with Gasteiger partial charge in [0.2, 0.25) is 0 Å². The van der Waals surface area contributed by atoms with Gasteiger partial charge in [0.25, 0.3) is 0 Å². The second-order valence-corrected chi connectivity index (χ2v) is 8.14. The summed E-state index contributed by atoms with van der Waals surface area (Å²) in [5.41, 5.74) is 1.15. The average molecular weight is 348 g/mol. The van der Waals surface area contributed by atoms with Gasteiger partial charge < -0.3 is 15.1 Å². The third-order valence-corrected chi connectivity index (χ3v) is 5.44. The van der Waals surface area contributed by atoms with E-state index in [0.717, 1.165) is 44.7 Å². The van der Waals surface area contributed by atoms with Gasteiger partial charge in [0, 0.05) is 50.5 Å². The Morgan fingerprint density at radius 3 is 2.92 bits per heavy atom. The number of aromatic nitrogens is 2. The normalized spacial score (nSPS) is 25.3. The van der Waals surface area contributed by atoms with Crippen LogP contribution in [0.1, 0.15) is 51.1 Å². The molecule has 0 bridgehead atoms. The van der Waals surface area contributed by atoms with E-state index in [4.69, 9.17) is 0 Å². The molecule has 2 amide bonds. The summed E-state index contributed by atoms with van der Waals surface area (Å²) in [4.78, 5) is 17.1. The molecule has 0 radical (unpaired) electrons. The number of urea groups is 1. The molecular weight excluding hydrogens is 314 g/mol. The monoisotopic (exact) mass is 347 g/mol. The van der Waals surface area contributed by atoms with Gasteiger partial charge in [-0.25, -0.2) is 4.79 Å². The summed E-state index contributed by atoms with van der Waals surface area (Å²) in [6.45, 7) is 10.5. The highest BCUT2D eigenvalue weighted by molar-refractivity contribution is 5.74. The Balaban J connectivity index is 1.44. The third kappa shape index (κ3) is 5.21. The molecule has 0 aromatic carbocycles. The SMILES string of the molecule is CC(C)CN1CCC[C@@H](CNC(=O)N2CCC[C@@H](c3ccn[nH]3)C2)C1. The molecule has 2 fully saturated rings. The molecule has 0 spiro atoms. The maximum atomic E-state index is 12.6. The van der Waals surface area contributed by atoms with E-state index >= 15 is 0 Å². The number of likely N-dealkylation sites (tertiary alicyclic amines) is 2. The van der Waals surface area contributed by atoms with Crippen LogP contribution in [0.15, 0.2) is 12.3 Å². The summed E-state index contributed by atoms with van der Waals surface area (Å²) in [6, 6.07) is 2.13. The lowest BCUT2D eigenvalue weighted by Crippen LogP contribution is -2.48. The summed E-state index contributed by atoms with van der Waals surface area (Å²) in [5.74, 6) is 1.68. The largest absolute Gasteiger partial charge is 0.338 e. The lowest BCUT2D eigenvalue weighted by molar-refractivity contribution is 0.149. The van der Waals surface area contributed by atoms with Crippen molar-refractivity contribution in [2.24, 2.45) is 11.8 Å². The van der Waals surface area contributed by atoms with Gasteiger partial charge in [-0.05, 0) is 50.1 Å². The van der Waals surface area contributed by atoms with E-state index in [2.05, 4.69) is 34.3 Å². The first-order chi connectivity index (χ1) is 12.1. The number of piperidine rings is 2. The van der Waals surface area contributed by atoms with Crippen molar-refractivity contribution in [1.29, 1.82) is 0 Å². The van der Waals surface area contributed by atoms with Crippen LogP contribution in [-0.2, 0) is 0 Å². The van der Waals surface area contributed by atoms with E-state index in [9.17, 15) is 4.79 Å². The van der Waals surface area contributed by atoms with Gasteiger partial charge in [-0.1, -0.05) is 13.8 Å². The maximum absolute atomic E-state index is 12.6. The fourth-order valence-corrected chi connectivity index (χ4v) is 4.25. The van der Waals surface area contributed by atoms with E-state index in [1.54, 1.807) is 6.20 Å². The Morgan fingerprint density at radius 2 is 2.16 bits per heavy atom. The summed E-state index contributed by atoms with van der Waals surface area (Å²) >= 11 is 0. The topological polar surface area (TPSA) is 64.3 Å². The molecule has 2 N–H and O–H groups in total. The van der Waals surface area contributed by atoms with E-state index in [-0.39, 0.29) is 6.03 Å². The quantitative estimate of drug-likeness (QED) is 0.861. The van der Waals surface area contributed by atoms with Crippen molar-refractivity contribution in [2.45, 2.75) is 45.4 Å². The molecule has 6 heteroatoms. The molecule has 2 atom stereocenters. The van der Waals surface area contributed by atoms with Crippen molar-refractivity contribution in [3.05, 3.63) is 18.0 Å². The minimum Gasteiger partial charge on any atom is -0.338 e. The zero-order valence-electron chi connectivity index (χ0n) is 15.7. The molecule has 1 aromatic heterocycles. The number of aromatic amines is 1. The van der Waals surface area contributed by atoms with Crippen LogP contribution in [0.4, 0.5) is 4.79 Å². The van der Waals surface area contributed by atoms with Crippen molar-refractivity contribution >= 4 is 6.03 Å². The number of carbonyl (C=O) groups is 1. The summed E-state index contributed by atoms with van der Waals surface area (Å²) in [6.07, 6.45) is 6.45. The van der Waals surface area contributed by atoms with Crippen molar-refractivity contribution in [3.8, 4) is 0 Å². The Kier molecular flexibility index (Phi) is 6.34. The molecule has 0 saturated carbocycles. The second kappa shape index (κ2) is 8.70. The summed E-state index contributed by atoms with van der Waals surface area (Å²) in [7, 11) is 0. The van der Waals surface area contributed by atoms with Gasteiger partial charge in [0.1, 0.15) is 0 Å². The van der Waals surface area contributed by atoms with E-state index in [1.165, 1.54) is 25.9 Å². The minimum absolute atomic E-state index is 0.102. The molecule has 0 aliphatic carbocycles. The van der Waals surface area contributed by atoms with Crippen molar-refractivity contribution in [2.75, 3.05) is 39.3 Å². The molecule has 25 heavy (non-hydrogen) atoms. The molecule has 3 heterocycles. The Bertz CT molecular complexity index is 530. The van der Waals surface area contributed by atoms with Crippen LogP contribution in [0, 0.1) is 11.8 Å². The van der Waals surface area contributed by atoms with Crippen LogP contribution in [-0.4, -0.2) is 65.3 Å². The number of hydrogen-bond donors (Lipinski definition) is 2. The molecule has 2 saturated heterocycles. The minimum atomic E-state index is 0.102. The molecule has 2 aliphatic rings. The first kappa shape index (κ1) is 18.2. The fourth-order valence-electron chi connectivity index (χ4n) is 4.25. The molecule has 3 rings (SSSR count). The number of nitrogens with one attached hydrogen (secondary N) is 2. The average Bonchev–Trinajstić information content (AvgIpc) is 3.14. The van der Waals surface area contributed by atoms with Crippen LogP contribution < -0.4 is 5.32 Å². The van der Waals surface area contributed by atoms with E-state index in [0.29, 0.717) is 17.8 Å². The highest BCUT2D eigenvalue weighted by Crippen LogP contribution is 2.25. The zero-order chi connectivity index (χ0) is 17.6. The van der Waals surface area contributed by atoms with Crippen LogP contribution in [0.5, 0.6) is 0 Å². The first-order valence-electron chi connectivity index (χ1n) is 9.86. The molecule has 1 aromatic rings. The number of carbonyl (C=O) groups excluding carboxylic acids is 1. The molecule has 6 nitrogen and oxygen atoms in total. The lowest BCUT2D eigenvalue weighted by Gasteiger charge is -2.35. The Hall–Kier alpha value is -1.56. The Labute approximate surface area is 151 Å². The third-order valence-electron chi connectivity index (χ3n) is 5.44. The van der Waals surface area contributed by atoms with Crippen molar-refractivity contribution in [3.63, 3.8) is 0 Å². The second-order valence-electron chi connectivity index (χ2n) is 8.14. The highest BCUT2D eigenvalue weighted by Gasteiger charge is 2.26. The van der Waals surface area contributed by atoms with Gasteiger partial charge in [-0.15, -0.1) is 0 Å². The van der Waals surface area contributed by atoms with Gasteiger partial charge in [0.05, 0.1) is 0 Å². The van der Waals surface area contributed by atoms with Crippen molar-refractivity contribution < 1.29 is 4.79 Å². The summed E-state index contributed by atoms with van der Waals surface area (Å²) in [5, 5.41) is 10.3. The molecule has 2 aliphatic heterocycles.